The molecule has 5 atom stereocenters. The van der Waals surface area contributed by atoms with Gasteiger partial charge in [0.05, 0.1) is 24.0 Å². The van der Waals surface area contributed by atoms with Gasteiger partial charge in [-0.3, -0.25) is 24.0 Å². The van der Waals surface area contributed by atoms with E-state index in [9.17, 15) is 32.0 Å². The van der Waals surface area contributed by atoms with Crippen molar-refractivity contribution in [1.82, 2.24) is 24.8 Å². The van der Waals surface area contributed by atoms with E-state index in [1.54, 1.807) is 23.6 Å². The van der Waals surface area contributed by atoms with Crippen LogP contribution in [0.5, 0.6) is 0 Å². The van der Waals surface area contributed by atoms with Crippen molar-refractivity contribution in [2.75, 3.05) is 25.1 Å². The molecule has 0 spiro atoms. The number of halogens is 2. The molecule has 0 unspecified atom stereocenters. The monoisotopic (exact) mass is 828 g/mol. The maximum Gasteiger partial charge on any atom is 0.410 e. The largest absolute Gasteiger partial charge is 0.444 e. The molecular formula is C38H42ClFN6O8S2. The number of anilines is 1. The highest BCUT2D eigenvalue weighted by Crippen LogP contribution is 2.48. The fraction of sp³-hybridized carbons (Fsp3) is 0.500. The van der Waals surface area contributed by atoms with Crippen molar-refractivity contribution < 1.29 is 41.5 Å². The first-order valence-electron chi connectivity index (χ1n) is 18.9. The number of carbonyl (C=O) groups is 4. The SMILES string of the molecule is O=C1N[C@]2(C(=O)NS(=O)(=O)C3CC3)C[C@@H]2CCCOCCC[C@H](Nc2nc(-c3ccc(F)cc3)cs2)C(=O)N2C[C@H](OC(=O)N3Cc4cccc(Cl)c4C3)C[C@@H]12. The van der Waals surface area contributed by atoms with Crippen molar-refractivity contribution in [3.8, 4) is 11.3 Å². The molecule has 4 fully saturated rings. The first kappa shape index (κ1) is 38.5. The summed E-state index contributed by atoms with van der Waals surface area (Å²) in [5, 5.41) is 8.25. The predicted octanol–water partition coefficient (Wildman–Crippen LogP) is 4.58. The third-order valence-electron chi connectivity index (χ3n) is 11.2. The maximum atomic E-state index is 14.6. The summed E-state index contributed by atoms with van der Waals surface area (Å²) in [6.45, 7) is 1.17. The molecule has 3 aliphatic heterocycles. The zero-order chi connectivity index (χ0) is 39.2. The predicted molar refractivity (Wildman–Crippen MR) is 204 cm³/mol. The molecule has 3 N–H and O–H groups in total. The number of aromatic nitrogens is 1. The minimum absolute atomic E-state index is 0.0462. The number of thiazole rings is 1. The molecule has 298 valence electrons. The number of nitrogens with one attached hydrogen (secondary N) is 3. The molecule has 2 aromatic carbocycles. The van der Waals surface area contributed by atoms with Gasteiger partial charge in [-0.05, 0) is 92.3 Å². The van der Waals surface area contributed by atoms with Crippen LogP contribution < -0.4 is 15.4 Å². The van der Waals surface area contributed by atoms with Crippen LogP contribution in [-0.2, 0) is 47.0 Å². The highest BCUT2D eigenvalue weighted by molar-refractivity contribution is 7.91. The van der Waals surface area contributed by atoms with Crippen molar-refractivity contribution in [1.29, 1.82) is 0 Å². The third kappa shape index (κ3) is 8.08. The molecule has 3 aromatic rings. The lowest BCUT2D eigenvalue weighted by Gasteiger charge is -2.30. The van der Waals surface area contributed by atoms with Crippen molar-refractivity contribution in [3.63, 3.8) is 0 Å². The molecule has 4 amide bonds. The second-order valence-corrected chi connectivity index (χ2v) is 18.4. The van der Waals surface area contributed by atoms with Gasteiger partial charge in [0.25, 0.3) is 5.91 Å². The van der Waals surface area contributed by atoms with E-state index < -0.39 is 62.8 Å². The number of benzene rings is 2. The van der Waals surface area contributed by atoms with Crippen LogP contribution in [0.3, 0.4) is 0 Å². The first-order valence-corrected chi connectivity index (χ1v) is 21.7. The van der Waals surface area contributed by atoms with Crippen LogP contribution in [0.2, 0.25) is 5.02 Å². The normalized spacial score (nSPS) is 26.9. The van der Waals surface area contributed by atoms with Crippen molar-refractivity contribution in [2.45, 2.75) is 93.4 Å². The van der Waals surface area contributed by atoms with Gasteiger partial charge in [0.1, 0.15) is 29.5 Å². The van der Waals surface area contributed by atoms with Crippen LogP contribution in [0.25, 0.3) is 11.3 Å². The Labute approximate surface area is 332 Å². The minimum atomic E-state index is -3.91. The molecule has 8 rings (SSSR count). The number of hydrogen-bond acceptors (Lipinski definition) is 11. The van der Waals surface area contributed by atoms with Crippen LogP contribution in [0.15, 0.2) is 47.8 Å². The van der Waals surface area contributed by atoms with Crippen LogP contribution in [-0.4, -0.2) is 95.8 Å². The summed E-state index contributed by atoms with van der Waals surface area (Å²) in [7, 11) is -3.91. The second-order valence-electron chi connectivity index (χ2n) is 15.2. The summed E-state index contributed by atoms with van der Waals surface area (Å²) in [5.74, 6) is -2.59. The molecule has 5 aliphatic rings. The van der Waals surface area contributed by atoms with Crippen molar-refractivity contribution in [3.05, 3.63) is 69.8 Å². The summed E-state index contributed by atoms with van der Waals surface area (Å²) in [4.78, 5) is 63.8. The molecule has 2 saturated heterocycles. The number of rotatable bonds is 7. The van der Waals surface area contributed by atoms with E-state index in [4.69, 9.17) is 21.1 Å². The third-order valence-corrected chi connectivity index (χ3v) is 14.2. The van der Waals surface area contributed by atoms with Crippen LogP contribution in [0.1, 0.15) is 62.5 Å². The Morgan fingerprint density at radius 1 is 1.05 bits per heavy atom. The van der Waals surface area contributed by atoms with E-state index >= 15 is 0 Å². The average Bonchev–Trinajstić information content (AvgIpc) is 3.97. The summed E-state index contributed by atoms with van der Waals surface area (Å²) < 4.78 is 53.3. The first-order chi connectivity index (χ1) is 26.9. The van der Waals surface area contributed by atoms with E-state index in [1.165, 1.54) is 33.3 Å². The fourth-order valence-electron chi connectivity index (χ4n) is 7.88. The minimum Gasteiger partial charge on any atom is -0.444 e. The number of fused-ring (bicyclic) bond motifs is 3. The Kier molecular flexibility index (Phi) is 10.7. The maximum absolute atomic E-state index is 14.6. The summed E-state index contributed by atoms with van der Waals surface area (Å²) in [6.07, 6.45) is 1.52. The molecule has 14 nitrogen and oxygen atoms in total. The van der Waals surface area contributed by atoms with Crippen molar-refractivity contribution in [2.24, 2.45) is 5.92 Å². The van der Waals surface area contributed by atoms with Gasteiger partial charge in [0, 0.05) is 42.1 Å². The molecule has 0 bridgehead atoms. The van der Waals surface area contributed by atoms with Gasteiger partial charge in [-0.25, -0.2) is 22.6 Å². The zero-order valence-electron chi connectivity index (χ0n) is 30.4. The highest BCUT2D eigenvalue weighted by Gasteiger charge is 2.62. The quantitative estimate of drug-likeness (QED) is 0.306. The van der Waals surface area contributed by atoms with Gasteiger partial charge in [-0.15, -0.1) is 11.3 Å². The number of sulfonamides is 1. The zero-order valence-corrected chi connectivity index (χ0v) is 32.8. The summed E-state index contributed by atoms with van der Waals surface area (Å²) in [5.41, 5.74) is 1.53. The summed E-state index contributed by atoms with van der Waals surface area (Å²) >= 11 is 7.66. The number of ether oxygens (including phenoxy) is 2. The van der Waals surface area contributed by atoms with Gasteiger partial charge in [0.15, 0.2) is 5.13 Å². The molecule has 2 aliphatic carbocycles. The van der Waals surface area contributed by atoms with Crippen LogP contribution in [0.4, 0.5) is 14.3 Å². The smallest absolute Gasteiger partial charge is 0.410 e. The lowest BCUT2D eigenvalue weighted by atomic mass is 10.1. The fourth-order valence-corrected chi connectivity index (χ4v) is 10.3. The molecule has 2 saturated carbocycles. The molecule has 0 radical (unpaired) electrons. The number of nitrogens with zero attached hydrogens (tertiary/aromatic N) is 3. The molecule has 18 heteroatoms. The lowest BCUT2D eigenvalue weighted by Crippen LogP contribution is -2.57. The average molecular weight is 829 g/mol. The highest BCUT2D eigenvalue weighted by atomic mass is 35.5. The Bertz CT molecular complexity index is 2140. The number of amides is 4. The lowest BCUT2D eigenvalue weighted by molar-refractivity contribution is -0.140. The Balaban J connectivity index is 1.05. The Hall–Kier alpha value is -4.32. The van der Waals surface area contributed by atoms with Crippen LogP contribution in [0, 0.1) is 11.7 Å². The number of hydrogen-bond donors (Lipinski definition) is 3. The molecule has 1 aromatic heterocycles. The molecule has 56 heavy (non-hydrogen) atoms. The summed E-state index contributed by atoms with van der Waals surface area (Å²) in [6, 6.07) is 9.36. The number of carbonyl (C=O) groups excluding carboxylic acids is 4. The van der Waals surface area contributed by atoms with E-state index in [-0.39, 0.29) is 37.7 Å². The van der Waals surface area contributed by atoms with E-state index in [1.807, 2.05) is 12.1 Å². The van der Waals surface area contributed by atoms with E-state index in [2.05, 4.69) is 20.3 Å². The molecular weight excluding hydrogens is 787 g/mol. The standard InChI is InChI=1S/C38H42ClFN6O8S2/c39-29-6-1-4-23-18-45(20-28(23)29)37(50)54-26-16-32-33(47)43-38(35(49)44-56(51,52)27-12-13-27)17-24(38)5-2-14-53-15-3-7-30(34(48)46(32)19-26)41-36-42-31(21-55-36)22-8-10-25(40)11-9-22/h1,4,6,8-11,21,24,26-27,30,32H,2-3,5,7,12-20H2,(H,41,42)(H,43,47)(H,44,49)/t24-,26+,30-,32-,38+/m0/s1. The van der Waals surface area contributed by atoms with Gasteiger partial charge in [0.2, 0.25) is 21.8 Å². The topological polar surface area (TPSA) is 176 Å². The van der Waals surface area contributed by atoms with Gasteiger partial charge in [-0.2, -0.15) is 0 Å². The molecule has 4 heterocycles. The van der Waals surface area contributed by atoms with Gasteiger partial charge < -0.3 is 25.0 Å². The van der Waals surface area contributed by atoms with Gasteiger partial charge in [-0.1, -0.05) is 23.7 Å². The second kappa shape index (κ2) is 15.6. The van der Waals surface area contributed by atoms with Crippen molar-refractivity contribution >= 4 is 61.9 Å². The Morgan fingerprint density at radius 3 is 2.57 bits per heavy atom. The van der Waals surface area contributed by atoms with E-state index in [0.29, 0.717) is 79.7 Å². The van der Waals surface area contributed by atoms with Gasteiger partial charge >= 0.3 is 6.09 Å². The van der Waals surface area contributed by atoms with E-state index in [0.717, 1.165) is 11.1 Å². The Morgan fingerprint density at radius 2 is 1.82 bits per heavy atom. The van der Waals surface area contributed by atoms with Crippen LogP contribution >= 0.6 is 22.9 Å².